The Balaban J connectivity index is 1.27. The number of carbonyl (C=O) groups is 1. The lowest BCUT2D eigenvalue weighted by atomic mass is 9.97. The molecule has 3 heterocycles. The van der Waals surface area contributed by atoms with Crippen LogP contribution in [0.4, 0.5) is 11.4 Å². The van der Waals surface area contributed by atoms with E-state index in [4.69, 9.17) is 19.2 Å². The molecule has 0 saturated carbocycles. The van der Waals surface area contributed by atoms with Gasteiger partial charge in [0.2, 0.25) is 11.8 Å². The van der Waals surface area contributed by atoms with Crippen LogP contribution in [0.1, 0.15) is 18.4 Å². The maximum atomic E-state index is 11.6. The molecule has 0 aliphatic carbocycles. The second-order valence-corrected chi connectivity index (χ2v) is 8.75. The normalized spacial score (nSPS) is 16.9. The third kappa shape index (κ3) is 5.49. The van der Waals surface area contributed by atoms with Gasteiger partial charge in [0.1, 0.15) is 18.9 Å². The number of pyridine rings is 1. The van der Waals surface area contributed by atoms with E-state index in [2.05, 4.69) is 28.1 Å². The standard InChI is InChI=1S/C27H30N4O4/c1-33-27-23(9-8-22(31-27)21-6-3-7-24-26(21)35-13-12-34-24)30-20-5-2-4-18(14-20)16-28-17-19-10-11-29-25(32)15-19/h2-9,14,19,28,30H,10-13,15-17H2,1H3,(H,29,32). The molecular weight excluding hydrogens is 444 g/mol. The van der Waals surface area contributed by atoms with E-state index < -0.39 is 0 Å². The molecule has 1 saturated heterocycles. The summed E-state index contributed by atoms with van der Waals surface area (Å²) >= 11 is 0. The van der Waals surface area contributed by atoms with Crippen LogP contribution in [-0.2, 0) is 11.3 Å². The van der Waals surface area contributed by atoms with Crippen molar-refractivity contribution in [3.05, 3.63) is 60.2 Å². The molecule has 5 rings (SSSR count). The highest BCUT2D eigenvalue weighted by atomic mass is 16.6. The molecule has 0 spiro atoms. The van der Waals surface area contributed by atoms with Crippen molar-refractivity contribution in [1.82, 2.24) is 15.6 Å². The fourth-order valence-corrected chi connectivity index (χ4v) is 4.48. The first kappa shape index (κ1) is 23.0. The zero-order chi connectivity index (χ0) is 24.0. The number of fused-ring (bicyclic) bond motifs is 1. The third-order valence-electron chi connectivity index (χ3n) is 6.21. The fourth-order valence-electron chi connectivity index (χ4n) is 4.48. The average Bonchev–Trinajstić information content (AvgIpc) is 2.89. The number of methoxy groups -OCH3 is 1. The molecule has 182 valence electrons. The lowest BCUT2D eigenvalue weighted by Gasteiger charge is -2.22. The zero-order valence-corrected chi connectivity index (χ0v) is 19.8. The van der Waals surface area contributed by atoms with Crippen molar-refractivity contribution in [2.45, 2.75) is 19.4 Å². The van der Waals surface area contributed by atoms with E-state index in [1.807, 2.05) is 42.5 Å². The van der Waals surface area contributed by atoms with Gasteiger partial charge in [0.15, 0.2) is 11.5 Å². The first-order chi connectivity index (χ1) is 17.2. The van der Waals surface area contributed by atoms with Gasteiger partial charge in [-0.15, -0.1) is 0 Å². The predicted octanol–water partition coefficient (Wildman–Crippen LogP) is 3.89. The number of ether oxygens (including phenoxy) is 3. The highest BCUT2D eigenvalue weighted by molar-refractivity contribution is 5.77. The third-order valence-corrected chi connectivity index (χ3v) is 6.21. The van der Waals surface area contributed by atoms with Crippen molar-refractivity contribution in [1.29, 1.82) is 0 Å². The molecule has 1 aromatic heterocycles. The maximum Gasteiger partial charge on any atom is 0.238 e. The zero-order valence-electron chi connectivity index (χ0n) is 19.8. The number of anilines is 2. The largest absolute Gasteiger partial charge is 0.486 e. The lowest BCUT2D eigenvalue weighted by molar-refractivity contribution is -0.123. The van der Waals surface area contributed by atoms with Crippen molar-refractivity contribution in [3.63, 3.8) is 0 Å². The van der Waals surface area contributed by atoms with Gasteiger partial charge in [0, 0.05) is 30.8 Å². The number of carbonyl (C=O) groups excluding carboxylic acids is 1. The second-order valence-electron chi connectivity index (χ2n) is 8.75. The van der Waals surface area contributed by atoms with Crippen LogP contribution in [0.2, 0.25) is 0 Å². The van der Waals surface area contributed by atoms with Crippen LogP contribution in [0.5, 0.6) is 17.4 Å². The highest BCUT2D eigenvalue weighted by Gasteiger charge is 2.20. The van der Waals surface area contributed by atoms with Crippen LogP contribution in [0, 0.1) is 5.92 Å². The van der Waals surface area contributed by atoms with Crippen LogP contribution in [0.25, 0.3) is 11.3 Å². The molecule has 2 aliphatic rings. The fraction of sp³-hybridized carbons (Fsp3) is 0.333. The summed E-state index contributed by atoms with van der Waals surface area (Å²) in [5, 5.41) is 9.80. The molecule has 1 amide bonds. The van der Waals surface area contributed by atoms with Gasteiger partial charge >= 0.3 is 0 Å². The van der Waals surface area contributed by atoms with Gasteiger partial charge in [-0.05, 0) is 60.8 Å². The van der Waals surface area contributed by atoms with Gasteiger partial charge < -0.3 is 30.2 Å². The quantitative estimate of drug-likeness (QED) is 0.456. The summed E-state index contributed by atoms with van der Waals surface area (Å²) in [6.07, 6.45) is 1.62. The predicted molar refractivity (Wildman–Crippen MR) is 134 cm³/mol. The molecule has 1 fully saturated rings. The minimum absolute atomic E-state index is 0.149. The van der Waals surface area contributed by atoms with E-state index in [-0.39, 0.29) is 5.91 Å². The Hall–Kier alpha value is -3.78. The SMILES string of the molecule is COc1nc(-c2cccc3c2OCCO3)ccc1Nc1cccc(CNCC2CCNC(=O)C2)c1. The molecule has 3 N–H and O–H groups in total. The van der Waals surface area contributed by atoms with Crippen molar-refractivity contribution in [2.24, 2.45) is 5.92 Å². The van der Waals surface area contributed by atoms with Crippen molar-refractivity contribution in [3.8, 4) is 28.6 Å². The van der Waals surface area contributed by atoms with Gasteiger partial charge in [0.05, 0.1) is 12.8 Å². The Bertz CT molecular complexity index is 1200. The smallest absolute Gasteiger partial charge is 0.238 e. The first-order valence-electron chi connectivity index (χ1n) is 12.0. The van der Waals surface area contributed by atoms with Gasteiger partial charge in [-0.3, -0.25) is 4.79 Å². The van der Waals surface area contributed by atoms with E-state index in [0.29, 0.717) is 37.2 Å². The second kappa shape index (κ2) is 10.7. The number of aromatic nitrogens is 1. The number of nitrogens with one attached hydrogen (secondary N) is 3. The molecule has 1 unspecified atom stereocenters. The molecule has 3 aromatic rings. The van der Waals surface area contributed by atoms with Crippen molar-refractivity contribution < 1.29 is 19.0 Å². The number of rotatable bonds is 8. The molecular formula is C27H30N4O4. The number of benzene rings is 2. The highest BCUT2D eigenvalue weighted by Crippen LogP contribution is 2.40. The molecule has 35 heavy (non-hydrogen) atoms. The summed E-state index contributed by atoms with van der Waals surface area (Å²) < 4.78 is 17.2. The van der Waals surface area contributed by atoms with Crippen LogP contribution < -0.4 is 30.2 Å². The van der Waals surface area contributed by atoms with Crippen molar-refractivity contribution >= 4 is 17.3 Å². The molecule has 0 radical (unpaired) electrons. The summed E-state index contributed by atoms with van der Waals surface area (Å²) in [5.74, 6) is 2.48. The minimum Gasteiger partial charge on any atom is -0.486 e. The molecule has 8 nitrogen and oxygen atoms in total. The lowest BCUT2D eigenvalue weighted by Crippen LogP contribution is -2.37. The number of amides is 1. The average molecular weight is 475 g/mol. The number of hydrogen-bond acceptors (Lipinski definition) is 7. The Morgan fingerprint density at radius 1 is 1.11 bits per heavy atom. The number of piperidine rings is 1. The van der Waals surface area contributed by atoms with Crippen LogP contribution >= 0.6 is 0 Å². The molecule has 0 bridgehead atoms. The Labute approximate surface area is 205 Å². The molecule has 8 heteroatoms. The van der Waals surface area contributed by atoms with Gasteiger partial charge in [-0.25, -0.2) is 4.98 Å². The topological polar surface area (TPSA) is 93.7 Å². The van der Waals surface area contributed by atoms with Gasteiger partial charge in [-0.2, -0.15) is 0 Å². The number of hydrogen-bond donors (Lipinski definition) is 3. The van der Waals surface area contributed by atoms with E-state index in [1.54, 1.807) is 7.11 Å². The van der Waals surface area contributed by atoms with E-state index in [1.165, 1.54) is 0 Å². The summed E-state index contributed by atoms with van der Waals surface area (Å²) in [6.45, 7) is 3.41. The van der Waals surface area contributed by atoms with E-state index in [0.717, 1.165) is 60.0 Å². The Kier molecular flexibility index (Phi) is 6.99. The molecule has 2 aliphatic heterocycles. The summed E-state index contributed by atoms with van der Waals surface area (Å²) in [5.41, 5.74) is 4.51. The maximum absolute atomic E-state index is 11.6. The van der Waals surface area contributed by atoms with Gasteiger partial charge in [0.25, 0.3) is 0 Å². The summed E-state index contributed by atoms with van der Waals surface area (Å²) in [4.78, 5) is 16.3. The number of nitrogens with zero attached hydrogens (tertiary/aromatic N) is 1. The van der Waals surface area contributed by atoms with E-state index >= 15 is 0 Å². The monoisotopic (exact) mass is 474 g/mol. The van der Waals surface area contributed by atoms with Crippen molar-refractivity contribution in [2.75, 3.05) is 38.7 Å². The molecule has 1 atom stereocenters. The first-order valence-corrected chi connectivity index (χ1v) is 12.0. The number of para-hydroxylation sites is 1. The molecule has 2 aromatic carbocycles. The Morgan fingerprint density at radius 3 is 2.89 bits per heavy atom. The summed E-state index contributed by atoms with van der Waals surface area (Å²) in [7, 11) is 1.61. The summed E-state index contributed by atoms with van der Waals surface area (Å²) in [6, 6.07) is 17.9. The Morgan fingerprint density at radius 2 is 2.00 bits per heavy atom. The van der Waals surface area contributed by atoms with Gasteiger partial charge in [-0.1, -0.05) is 18.2 Å². The van der Waals surface area contributed by atoms with Crippen LogP contribution in [0.3, 0.4) is 0 Å². The van der Waals surface area contributed by atoms with Crippen LogP contribution in [0.15, 0.2) is 54.6 Å². The van der Waals surface area contributed by atoms with E-state index in [9.17, 15) is 4.79 Å². The van der Waals surface area contributed by atoms with Crippen LogP contribution in [-0.4, -0.2) is 44.3 Å². The minimum atomic E-state index is 0.149.